The Morgan fingerprint density at radius 1 is 1.30 bits per heavy atom. The fourth-order valence-electron chi connectivity index (χ4n) is 1.79. The number of amidine groups is 1. The number of benzene rings is 1. The van der Waals surface area contributed by atoms with E-state index >= 15 is 0 Å². The Bertz CT molecular complexity index is 446. The lowest BCUT2D eigenvalue weighted by Gasteiger charge is -2.26. The third-order valence-electron chi connectivity index (χ3n) is 2.81. The molecule has 0 atom stereocenters. The second-order valence-corrected chi connectivity index (χ2v) is 4.56. The molecule has 0 spiro atoms. The summed E-state index contributed by atoms with van der Waals surface area (Å²) in [6, 6.07) is 5.20. The van der Waals surface area contributed by atoms with Gasteiger partial charge in [-0.3, -0.25) is 0 Å². The van der Waals surface area contributed by atoms with Gasteiger partial charge in [0.25, 0.3) is 0 Å². The van der Waals surface area contributed by atoms with Crippen LogP contribution in [0.4, 0.5) is 5.69 Å². The molecule has 0 amide bonds. The summed E-state index contributed by atoms with van der Waals surface area (Å²) in [4.78, 5) is 2.02. The van der Waals surface area contributed by atoms with Crippen LogP contribution in [0.15, 0.2) is 23.4 Å². The normalized spacial score (nSPS) is 11.7. The third-order valence-corrected chi connectivity index (χ3v) is 3.05. The second-order valence-electron chi connectivity index (χ2n) is 4.12. The first kappa shape index (κ1) is 16.6. The topological polar surface area (TPSA) is 80.3 Å². The Labute approximate surface area is 123 Å². The van der Waals surface area contributed by atoms with E-state index in [0.717, 1.165) is 5.69 Å². The fraction of sp³-hybridized carbons (Fsp3) is 0.462. The molecular formula is C13H20ClN3O3. The summed E-state index contributed by atoms with van der Waals surface area (Å²) in [5, 5.41) is 12.5. The van der Waals surface area contributed by atoms with Crippen molar-refractivity contribution in [1.82, 2.24) is 0 Å². The number of hydrogen-bond donors (Lipinski definition) is 2. The van der Waals surface area contributed by atoms with Crippen molar-refractivity contribution in [2.75, 3.05) is 45.4 Å². The predicted octanol–water partition coefficient (Wildman–Crippen LogP) is 1.53. The lowest BCUT2D eigenvalue weighted by molar-refractivity contribution is 0.190. The monoisotopic (exact) mass is 301 g/mol. The summed E-state index contributed by atoms with van der Waals surface area (Å²) < 4.78 is 10.2. The van der Waals surface area contributed by atoms with Gasteiger partial charge in [-0.1, -0.05) is 16.8 Å². The summed E-state index contributed by atoms with van der Waals surface area (Å²) in [5.74, 6) is 0.0384. The number of nitrogens with zero attached hydrogens (tertiary/aromatic N) is 2. The molecule has 20 heavy (non-hydrogen) atoms. The zero-order chi connectivity index (χ0) is 15.0. The maximum atomic E-state index is 8.88. The van der Waals surface area contributed by atoms with Crippen molar-refractivity contribution >= 4 is 23.1 Å². The van der Waals surface area contributed by atoms with Gasteiger partial charge in [-0.2, -0.15) is 0 Å². The predicted molar refractivity (Wildman–Crippen MR) is 79.9 cm³/mol. The van der Waals surface area contributed by atoms with Crippen LogP contribution in [0.2, 0.25) is 5.02 Å². The lowest BCUT2D eigenvalue weighted by Crippen LogP contribution is -2.32. The molecule has 1 rings (SSSR count). The average Bonchev–Trinajstić information content (AvgIpc) is 2.46. The van der Waals surface area contributed by atoms with E-state index < -0.39 is 0 Å². The van der Waals surface area contributed by atoms with Crippen LogP contribution in [0.5, 0.6) is 0 Å². The minimum atomic E-state index is 0.0384. The van der Waals surface area contributed by atoms with Crippen LogP contribution < -0.4 is 10.6 Å². The maximum absolute atomic E-state index is 8.88. The third kappa shape index (κ3) is 4.56. The van der Waals surface area contributed by atoms with Gasteiger partial charge in [-0.25, -0.2) is 0 Å². The van der Waals surface area contributed by atoms with Gasteiger partial charge >= 0.3 is 0 Å². The standard InChI is InChI=1S/C13H20ClN3O3/c1-19-7-5-17(6-8-20-2)12-9-10(14)3-4-11(12)13(15)16-18/h3-4,9,18H,5-8H2,1-2H3,(H2,15,16). The quantitative estimate of drug-likeness (QED) is 0.329. The number of anilines is 1. The summed E-state index contributed by atoms with van der Waals surface area (Å²) in [7, 11) is 3.27. The molecule has 6 nitrogen and oxygen atoms in total. The van der Waals surface area contributed by atoms with Gasteiger partial charge in [0.05, 0.1) is 13.2 Å². The van der Waals surface area contributed by atoms with Gasteiger partial charge < -0.3 is 25.3 Å². The molecule has 0 unspecified atom stereocenters. The van der Waals surface area contributed by atoms with E-state index in [1.165, 1.54) is 0 Å². The molecule has 0 aromatic heterocycles. The van der Waals surface area contributed by atoms with Crippen LogP contribution in [0, 0.1) is 0 Å². The molecule has 1 aromatic carbocycles. The van der Waals surface area contributed by atoms with Gasteiger partial charge in [0, 0.05) is 43.6 Å². The summed E-state index contributed by atoms with van der Waals surface area (Å²) in [6.45, 7) is 2.38. The fourth-order valence-corrected chi connectivity index (χ4v) is 1.96. The molecule has 3 N–H and O–H groups in total. The number of ether oxygens (including phenoxy) is 2. The first-order chi connectivity index (χ1) is 9.63. The molecule has 0 heterocycles. The van der Waals surface area contributed by atoms with Crippen LogP contribution in [-0.4, -0.2) is 51.6 Å². The van der Waals surface area contributed by atoms with Gasteiger partial charge in [0.1, 0.15) is 0 Å². The van der Waals surface area contributed by atoms with Crippen molar-refractivity contribution in [3.63, 3.8) is 0 Å². The maximum Gasteiger partial charge on any atom is 0.172 e. The highest BCUT2D eigenvalue weighted by Gasteiger charge is 2.14. The van der Waals surface area contributed by atoms with Gasteiger partial charge in [0.15, 0.2) is 5.84 Å². The number of nitrogens with two attached hydrogens (primary N) is 1. The van der Waals surface area contributed by atoms with Crippen LogP contribution in [-0.2, 0) is 9.47 Å². The van der Waals surface area contributed by atoms with Crippen molar-refractivity contribution in [3.8, 4) is 0 Å². The molecule has 0 radical (unpaired) electrons. The largest absolute Gasteiger partial charge is 0.409 e. The molecule has 112 valence electrons. The minimum Gasteiger partial charge on any atom is -0.409 e. The number of rotatable bonds is 8. The van der Waals surface area contributed by atoms with E-state index in [-0.39, 0.29) is 5.84 Å². The Morgan fingerprint density at radius 2 is 1.90 bits per heavy atom. The molecule has 0 bridgehead atoms. The number of methoxy groups -OCH3 is 2. The first-order valence-corrected chi connectivity index (χ1v) is 6.52. The van der Waals surface area contributed by atoms with Crippen LogP contribution >= 0.6 is 11.6 Å². The van der Waals surface area contributed by atoms with Crippen LogP contribution in [0.1, 0.15) is 5.56 Å². The second kappa shape index (κ2) is 8.63. The van der Waals surface area contributed by atoms with Crippen molar-refractivity contribution in [2.45, 2.75) is 0 Å². The Kier molecular flexibility index (Phi) is 7.14. The summed E-state index contributed by atoms with van der Waals surface area (Å²) >= 11 is 6.04. The van der Waals surface area contributed by atoms with Gasteiger partial charge in [-0.15, -0.1) is 0 Å². The van der Waals surface area contributed by atoms with E-state index in [1.54, 1.807) is 32.4 Å². The zero-order valence-corrected chi connectivity index (χ0v) is 12.4. The molecule has 0 saturated heterocycles. The molecule has 0 saturated carbocycles. The Balaban J connectivity index is 3.11. The SMILES string of the molecule is COCCN(CCOC)c1cc(Cl)ccc1C(N)=NO. The highest BCUT2D eigenvalue weighted by atomic mass is 35.5. The molecule has 0 fully saturated rings. The van der Waals surface area contributed by atoms with Crippen molar-refractivity contribution in [3.05, 3.63) is 28.8 Å². The van der Waals surface area contributed by atoms with E-state index in [1.807, 2.05) is 4.90 Å². The summed E-state index contributed by atoms with van der Waals surface area (Å²) in [5.41, 5.74) is 7.10. The van der Waals surface area contributed by atoms with Crippen molar-refractivity contribution < 1.29 is 14.7 Å². The van der Waals surface area contributed by atoms with E-state index in [0.29, 0.717) is 36.9 Å². The van der Waals surface area contributed by atoms with E-state index in [4.69, 9.17) is 32.0 Å². The Morgan fingerprint density at radius 3 is 2.40 bits per heavy atom. The van der Waals surface area contributed by atoms with Crippen molar-refractivity contribution in [2.24, 2.45) is 10.9 Å². The highest BCUT2D eigenvalue weighted by molar-refractivity contribution is 6.31. The van der Waals surface area contributed by atoms with Gasteiger partial charge in [-0.05, 0) is 18.2 Å². The smallest absolute Gasteiger partial charge is 0.172 e. The molecule has 1 aromatic rings. The lowest BCUT2D eigenvalue weighted by atomic mass is 10.1. The minimum absolute atomic E-state index is 0.0384. The molecule has 0 aliphatic carbocycles. The van der Waals surface area contributed by atoms with E-state index in [2.05, 4.69) is 5.16 Å². The number of halogens is 1. The van der Waals surface area contributed by atoms with Crippen molar-refractivity contribution in [1.29, 1.82) is 0 Å². The van der Waals surface area contributed by atoms with Gasteiger partial charge in [0.2, 0.25) is 0 Å². The highest BCUT2D eigenvalue weighted by Crippen LogP contribution is 2.25. The molecule has 7 heteroatoms. The molecular weight excluding hydrogens is 282 g/mol. The summed E-state index contributed by atoms with van der Waals surface area (Å²) in [6.07, 6.45) is 0. The number of hydrogen-bond acceptors (Lipinski definition) is 5. The average molecular weight is 302 g/mol. The first-order valence-electron chi connectivity index (χ1n) is 6.14. The van der Waals surface area contributed by atoms with Crippen LogP contribution in [0.3, 0.4) is 0 Å². The molecule has 0 aliphatic rings. The Hall–Kier alpha value is -1.50. The zero-order valence-electron chi connectivity index (χ0n) is 11.7. The molecule has 0 aliphatic heterocycles. The van der Waals surface area contributed by atoms with E-state index in [9.17, 15) is 0 Å². The van der Waals surface area contributed by atoms with Crippen LogP contribution in [0.25, 0.3) is 0 Å². The number of oxime groups is 1.